The van der Waals surface area contributed by atoms with Crippen LogP contribution in [0.15, 0.2) is 53.5 Å². The highest BCUT2D eigenvalue weighted by Crippen LogP contribution is 2.35. The second-order valence-corrected chi connectivity index (χ2v) is 7.51. The van der Waals surface area contributed by atoms with Crippen molar-refractivity contribution in [2.24, 2.45) is 0 Å². The SMILES string of the molecule is C=C(Br)C(C)([SiH3])c1cccc2ccccc12. The fraction of sp³-hybridized carbons (Fsp3) is 0.143. The van der Waals surface area contributed by atoms with Gasteiger partial charge in [0, 0.05) is 15.3 Å². The van der Waals surface area contributed by atoms with E-state index < -0.39 is 0 Å². The van der Waals surface area contributed by atoms with E-state index in [4.69, 9.17) is 0 Å². The summed E-state index contributed by atoms with van der Waals surface area (Å²) in [6.45, 7) is 6.31. The Morgan fingerprint density at radius 3 is 2.50 bits per heavy atom. The molecule has 82 valence electrons. The summed E-state index contributed by atoms with van der Waals surface area (Å²) < 4.78 is 1.07. The monoisotopic (exact) mass is 290 g/mol. The average molecular weight is 291 g/mol. The van der Waals surface area contributed by atoms with E-state index in [-0.39, 0.29) is 5.04 Å². The van der Waals surface area contributed by atoms with Crippen molar-refractivity contribution in [1.29, 1.82) is 0 Å². The van der Waals surface area contributed by atoms with Crippen molar-refractivity contribution in [3.63, 3.8) is 0 Å². The second-order valence-electron chi connectivity index (χ2n) is 4.56. The summed E-state index contributed by atoms with van der Waals surface area (Å²) in [7, 11) is 1.04. The second kappa shape index (κ2) is 4.19. The molecule has 0 aliphatic heterocycles. The maximum atomic E-state index is 4.06. The molecule has 2 aromatic carbocycles. The van der Waals surface area contributed by atoms with Crippen molar-refractivity contribution in [3.8, 4) is 0 Å². The molecule has 1 atom stereocenters. The van der Waals surface area contributed by atoms with Crippen molar-refractivity contribution in [3.05, 3.63) is 59.1 Å². The molecule has 0 N–H and O–H groups in total. The highest BCUT2D eigenvalue weighted by molar-refractivity contribution is 9.11. The number of fused-ring (bicyclic) bond motifs is 1. The van der Waals surface area contributed by atoms with Gasteiger partial charge in [0.2, 0.25) is 0 Å². The lowest BCUT2D eigenvalue weighted by atomic mass is 9.94. The molecule has 0 heterocycles. The summed E-state index contributed by atoms with van der Waals surface area (Å²) in [5, 5.41) is 2.72. The molecule has 0 aliphatic rings. The standard InChI is InChI=1S/C14H15BrSi/c1-10(15)14(2,16)13-9-5-7-11-6-3-4-8-12(11)13/h3-9H,1H2,2,16H3. The maximum Gasteiger partial charge on any atom is 0.0221 e. The molecule has 0 fully saturated rings. The van der Waals surface area contributed by atoms with E-state index in [0.29, 0.717) is 0 Å². The van der Waals surface area contributed by atoms with Crippen LogP contribution in [0.2, 0.25) is 0 Å². The Bertz CT molecular complexity index is 538. The molecule has 0 aliphatic carbocycles. The number of hydrogen-bond donors (Lipinski definition) is 0. The molecule has 0 radical (unpaired) electrons. The van der Waals surface area contributed by atoms with Crippen LogP contribution in [0, 0.1) is 0 Å². The van der Waals surface area contributed by atoms with Gasteiger partial charge in [-0.1, -0.05) is 71.9 Å². The van der Waals surface area contributed by atoms with E-state index in [1.165, 1.54) is 16.3 Å². The lowest BCUT2D eigenvalue weighted by Gasteiger charge is -2.26. The van der Waals surface area contributed by atoms with Crippen molar-refractivity contribution in [2.75, 3.05) is 0 Å². The fourth-order valence-electron chi connectivity index (χ4n) is 1.92. The third-order valence-electron chi connectivity index (χ3n) is 3.14. The summed E-state index contributed by atoms with van der Waals surface area (Å²) in [5.74, 6) is 0. The van der Waals surface area contributed by atoms with E-state index in [1.807, 2.05) is 0 Å². The summed E-state index contributed by atoms with van der Waals surface area (Å²) in [4.78, 5) is 0. The first-order chi connectivity index (χ1) is 7.53. The minimum atomic E-state index is 0.0842. The molecule has 2 rings (SSSR count). The van der Waals surface area contributed by atoms with Gasteiger partial charge in [0.1, 0.15) is 0 Å². The molecule has 0 spiro atoms. The predicted molar refractivity (Wildman–Crippen MR) is 79.3 cm³/mol. The van der Waals surface area contributed by atoms with Gasteiger partial charge in [-0.2, -0.15) is 0 Å². The first kappa shape index (κ1) is 11.6. The zero-order valence-corrected chi connectivity index (χ0v) is 13.2. The minimum absolute atomic E-state index is 0.0842. The van der Waals surface area contributed by atoms with Gasteiger partial charge in [0.05, 0.1) is 0 Å². The number of hydrogen-bond acceptors (Lipinski definition) is 0. The van der Waals surface area contributed by atoms with Crippen LogP contribution in [0.25, 0.3) is 10.8 Å². The van der Waals surface area contributed by atoms with Gasteiger partial charge >= 0.3 is 0 Å². The molecule has 16 heavy (non-hydrogen) atoms. The third-order valence-corrected chi connectivity index (χ3v) is 6.01. The van der Waals surface area contributed by atoms with Crippen LogP contribution in [0.3, 0.4) is 0 Å². The summed E-state index contributed by atoms with van der Waals surface area (Å²) in [5.41, 5.74) is 1.37. The Kier molecular flexibility index (Phi) is 3.04. The van der Waals surface area contributed by atoms with Crippen LogP contribution in [-0.4, -0.2) is 10.2 Å². The van der Waals surface area contributed by atoms with Gasteiger partial charge in [0.25, 0.3) is 0 Å². The third kappa shape index (κ3) is 1.87. The van der Waals surface area contributed by atoms with E-state index in [9.17, 15) is 0 Å². The normalized spacial score (nSPS) is 14.9. The summed E-state index contributed by atoms with van der Waals surface area (Å²) >= 11 is 3.56. The molecule has 1 unspecified atom stereocenters. The van der Waals surface area contributed by atoms with Crippen molar-refractivity contribution in [1.82, 2.24) is 0 Å². The molecule has 2 aromatic rings. The number of halogens is 1. The van der Waals surface area contributed by atoms with Crippen LogP contribution < -0.4 is 0 Å². The molecule has 0 bridgehead atoms. The molecule has 0 aromatic heterocycles. The molecule has 0 nitrogen and oxygen atoms in total. The van der Waals surface area contributed by atoms with Crippen LogP contribution >= 0.6 is 15.9 Å². The van der Waals surface area contributed by atoms with E-state index >= 15 is 0 Å². The molecule has 0 amide bonds. The number of rotatable bonds is 2. The zero-order valence-electron chi connectivity index (χ0n) is 9.63. The van der Waals surface area contributed by atoms with Gasteiger partial charge in [-0.15, -0.1) is 0 Å². The van der Waals surface area contributed by atoms with Gasteiger partial charge in [0.15, 0.2) is 0 Å². The largest absolute Gasteiger partial charge is 0.0883 e. The molecular weight excluding hydrogens is 276 g/mol. The molecule has 0 saturated carbocycles. The van der Waals surface area contributed by atoms with Gasteiger partial charge in [-0.05, 0) is 20.8 Å². The zero-order chi connectivity index (χ0) is 11.8. The van der Waals surface area contributed by atoms with E-state index in [1.54, 1.807) is 0 Å². The number of allylic oxidation sites excluding steroid dienone is 1. The van der Waals surface area contributed by atoms with Crippen LogP contribution in [0.1, 0.15) is 12.5 Å². The predicted octanol–water partition coefficient (Wildman–Crippen LogP) is 3.33. The van der Waals surface area contributed by atoms with Gasteiger partial charge in [-0.3, -0.25) is 0 Å². The quantitative estimate of drug-likeness (QED) is 0.745. The first-order valence-corrected chi connectivity index (χ1v) is 7.16. The Hall–Kier alpha value is -0.863. The maximum absolute atomic E-state index is 4.06. The van der Waals surface area contributed by atoms with Crippen LogP contribution in [-0.2, 0) is 5.04 Å². The Labute approximate surface area is 108 Å². The first-order valence-electron chi connectivity index (χ1n) is 5.36. The lowest BCUT2D eigenvalue weighted by Crippen LogP contribution is -2.22. The van der Waals surface area contributed by atoms with Crippen LogP contribution in [0.5, 0.6) is 0 Å². The fourth-order valence-corrected chi connectivity index (χ4v) is 2.57. The molecule has 0 saturated heterocycles. The van der Waals surface area contributed by atoms with E-state index in [2.05, 4.69) is 71.9 Å². The Morgan fingerprint density at radius 2 is 1.81 bits per heavy atom. The average Bonchev–Trinajstić information content (AvgIpc) is 2.28. The Balaban J connectivity index is 2.74. The van der Waals surface area contributed by atoms with E-state index in [0.717, 1.165) is 14.7 Å². The summed E-state index contributed by atoms with van der Waals surface area (Å²) in [6, 6.07) is 15.0. The molecule has 2 heteroatoms. The van der Waals surface area contributed by atoms with Gasteiger partial charge in [-0.25, -0.2) is 0 Å². The highest BCUT2D eigenvalue weighted by atomic mass is 79.9. The van der Waals surface area contributed by atoms with Crippen molar-refractivity contribution in [2.45, 2.75) is 12.0 Å². The lowest BCUT2D eigenvalue weighted by molar-refractivity contribution is 0.862. The highest BCUT2D eigenvalue weighted by Gasteiger charge is 2.24. The van der Waals surface area contributed by atoms with Crippen molar-refractivity contribution >= 4 is 36.9 Å². The van der Waals surface area contributed by atoms with Gasteiger partial charge < -0.3 is 0 Å². The Morgan fingerprint density at radius 1 is 1.19 bits per heavy atom. The minimum Gasteiger partial charge on any atom is -0.0883 e. The summed E-state index contributed by atoms with van der Waals surface area (Å²) in [6.07, 6.45) is 0. The van der Waals surface area contributed by atoms with Crippen LogP contribution in [0.4, 0.5) is 0 Å². The number of benzene rings is 2. The smallest absolute Gasteiger partial charge is 0.0221 e. The topological polar surface area (TPSA) is 0 Å². The molecular formula is C14H15BrSi. The van der Waals surface area contributed by atoms with Crippen molar-refractivity contribution < 1.29 is 0 Å².